The number of halogens is 1. The zero-order chi connectivity index (χ0) is 12.8. The Balaban J connectivity index is 2.47. The Morgan fingerprint density at radius 2 is 1.94 bits per heavy atom. The normalized spacial score (nSPS) is 9.71. The van der Waals surface area contributed by atoms with Gasteiger partial charge in [0.15, 0.2) is 0 Å². The van der Waals surface area contributed by atoms with E-state index in [1.165, 1.54) is 18.2 Å². The number of hydrogen-bond acceptors (Lipinski definition) is 3. The second-order valence-electron chi connectivity index (χ2n) is 3.21. The number of nitrogens with one attached hydrogen (secondary N) is 2. The zero-order valence-corrected chi connectivity index (χ0v) is 9.62. The molecular formula is C10H12ClN3O3. The van der Waals surface area contributed by atoms with E-state index in [9.17, 15) is 14.7 Å². The van der Waals surface area contributed by atoms with Gasteiger partial charge < -0.3 is 21.5 Å². The fourth-order valence-corrected chi connectivity index (χ4v) is 1.29. The number of phenols is 1. The van der Waals surface area contributed by atoms with E-state index in [0.29, 0.717) is 5.56 Å². The smallest absolute Gasteiger partial charge is 0.312 e. The Hall–Kier alpha value is -1.95. The van der Waals surface area contributed by atoms with Crippen molar-refractivity contribution in [2.75, 3.05) is 13.1 Å². The van der Waals surface area contributed by atoms with Crippen molar-refractivity contribution in [3.05, 3.63) is 28.8 Å². The van der Waals surface area contributed by atoms with Gasteiger partial charge >= 0.3 is 6.03 Å². The first-order valence-corrected chi connectivity index (χ1v) is 5.18. The lowest BCUT2D eigenvalue weighted by Gasteiger charge is -2.06. The number of rotatable bonds is 4. The third-order valence-corrected chi connectivity index (χ3v) is 2.22. The van der Waals surface area contributed by atoms with E-state index in [1.807, 2.05) is 0 Å². The molecule has 0 aliphatic heterocycles. The Morgan fingerprint density at radius 1 is 1.29 bits per heavy atom. The topological polar surface area (TPSA) is 104 Å². The van der Waals surface area contributed by atoms with Gasteiger partial charge in [-0.2, -0.15) is 0 Å². The predicted molar refractivity (Wildman–Crippen MR) is 63.0 cm³/mol. The average Bonchev–Trinajstić information content (AvgIpc) is 2.27. The molecule has 0 aromatic heterocycles. The molecule has 0 atom stereocenters. The van der Waals surface area contributed by atoms with Crippen molar-refractivity contribution >= 4 is 23.5 Å². The van der Waals surface area contributed by atoms with E-state index in [2.05, 4.69) is 10.6 Å². The summed E-state index contributed by atoms with van der Waals surface area (Å²) >= 11 is 5.66. The molecule has 0 radical (unpaired) electrons. The summed E-state index contributed by atoms with van der Waals surface area (Å²) < 4.78 is 0. The molecule has 92 valence electrons. The van der Waals surface area contributed by atoms with Crippen LogP contribution in [-0.2, 0) is 0 Å². The van der Waals surface area contributed by atoms with Crippen molar-refractivity contribution in [1.82, 2.24) is 10.6 Å². The number of phenolic OH excluding ortho intramolecular Hbond substituents is 1. The third-order valence-electron chi connectivity index (χ3n) is 1.92. The van der Waals surface area contributed by atoms with Crippen molar-refractivity contribution in [3.8, 4) is 5.75 Å². The maximum absolute atomic E-state index is 11.6. The molecule has 0 bridgehead atoms. The molecule has 0 unspecified atom stereocenters. The largest absolute Gasteiger partial charge is 0.506 e. The van der Waals surface area contributed by atoms with Crippen LogP contribution in [0.25, 0.3) is 0 Å². The summed E-state index contributed by atoms with van der Waals surface area (Å²) in [6.45, 7) is 0.493. The Labute approximate surface area is 103 Å². The second-order valence-corrected chi connectivity index (χ2v) is 3.62. The number of nitrogens with two attached hydrogens (primary N) is 1. The number of primary amides is 1. The standard InChI is InChI=1S/C10H12ClN3O3/c11-7-5-6(1-2-8(7)15)9(16)13-3-4-14-10(12)17/h1-2,5,15H,3-4H2,(H,13,16)(H3,12,14,17). The summed E-state index contributed by atoms with van der Waals surface area (Å²) in [5, 5.41) is 14.2. The zero-order valence-electron chi connectivity index (χ0n) is 8.87. The van der Waals surface area contributed by atoms with Gasteiger partial charge in [0.25, 0.3) is 5.91 Å². The molecule has 0 spiro atoms. The van der Waals surface area contributed by atoms with E-state index in [1.54, 1.807) is 0 Å². The first kappa shape index (κ1) is 13.1. The molecule has 0 saturated heterocycles. The summed E-state index contributed by atoms with van der Waals surface area (Å²) in [4.78, 5) is 21.9. The molecule has 0 heterocycles. The summed E-state index contributed by atoms with van der Waals surface area (Å²) in [6.07, 6.45) is 0. The quantitative estimate of drug-likeness (QED) is 0.589. The van der Waals surface area contributed by atoms with Gasteiger partial charge in [-0.3, -0.25) is 4.79 Å². The minimum absolute atomic E-state index is 0.0846. The molecule has 3 amide bonds. The van der Waals surface area contributed by atoms with Crippen molar-refractivity contribution < 1.29 is 14.7 Å². The lowest BCUT2D eigenvalue weighted by Crippen LogP contribution is -2.37. The molecule has 7 heteroatoms. The molecular weight excluding hydrogens is 246 g/mol. The van der Waals surface area contributed by atoms with Gasteiger partial charge in [-0.1, -0.05) is 11.6 Å². The fraction of sp³-hybridized carbons (Fsp3) is 0.200. The van der Waals surface area contributed by atoms with Crippen LogP contribution in [0.4, 0.5) is 4.79 Å². The van der Waals surface area contributed by atoms with Crippen LogP contribution in [0.3, 0.4) is 0 Å². The molecule has 5 N–H and O–H groups in total. The highest BCUT2D eigenvalue weighted by molar-refractivity contribution is 6.32. The van der Waals surface area contributed by atoms with Crippen LogP contribution in [0, 0.1) is 0 Å². The van der Waals surface area contributed by atoms with Crippen LogP contribution in [0.1, 0.15) is 10.4 Å². The Morgan fingerprint density at radius 3 is 2.53 bits per heavy atom. The van der Waals surface area contributed by atoms with Gasteiger partial charge in [-0.15, -0.1) is 0 Å². The Bertz CT molecular complexity index is 437. The SMILES string of the molecule is NC(=O)NCCNC(=O)c1ccc(O)c(Cl)c1. The Kier molecular flexibility index (Phi) is 4.59. The number of aromatic hydroxyl groups is 1. The summed E-state index contributed by atoms with van der Waals surface area (Å²) in [7, 11) is 0. The maximum Gasteiger partial charge on any atom is 0.312 e. The van der Waals surface area contributed by atoms with Crippen LogP contribution in [-0.4, -0.2) is 30.1 Å². The second kappa shape index (κ2) is 5.95. The van der Waals surface area contributed by atoms with E-state index < -0.39 is 6.03 Å². The van der Waals surface area contributed by atoms with Crippen LogP contribution in [0.5, 0.6) is 5.75 Å². The number of urea groups is 1. The number of amides is 3. The highest BCUT2D eigenvalue weighted by Crippen LogP contribution is 2.23. The molecule has 1 rings (SSSR count). The fourth-order valence-electron chi connectivity index (χ4n) is 1.11. The van der Waals surface area contributed by atoms with Gasteiger partial charge in [0.05, 0.1) is 5.02 Å². The minimum atomic E-state index is -0.646. The number of carbonyl (C=O) groups excluding carboxylic acids is 2. The van der Waals surface area contributed by atoms with Gasteiger partial charge in [0.1, 0.15) is 5.75 Å². The van der Waals surface area contributed by atoms with Crippen molar-refractivity contribution in [3.63, 3.8) is 0 Å². The monoisotopic (exact) mass is 257 g/mol. The predicted octanol–water partition coefficient (Wildman–Crippen LogP) is 0.444. The van der Waals surface area contributed by atoms with Gasteiger partial charge in [-0.25, -0.2) is 4.79 Å². The first-order valence-electron chi connectivity index (χ1n) is 4.80. The summed E-state index contributed by atoms with van der Waals surface area (Å²) in [5.41, 5.74) is 5.17. The number of benzene rings is 1. The minimum Gasteiger partial charge on any atom is -0.506 e. The highest BCUT2D eigenvalue weighted by Gasteiger charge is 2.07. The molecule has 0 saturated carbocycles. The van der Waals surface area contributed by atoms with Gasteiger partial charge in [0.2, 0.25) is 0 Å². The number of carbonyl (C=O) groups is 2. The van der Waals surface area contributed by atoms with Crippen molar-refractivity contribution in [1.29, 1.82) is 0 Å². The van der Waals surface area contributed by atoms with Crippen molar-refractivity contribution in [2.24, 2.45) is 5.73 Å². The maximum atomic E-state index is 11.6. The molecule has 0 aliphatic rings. The van der Waals surface area contributed by atoms with Crippen LogP contribution >= 0.6 is 11.6 Å². The third kappa shape index (κ3) is 4.20. The first-order chi connectivity index (χ1) is 8.00. The molecule has 1 aromatic carbocycles. The highest BCUT2D eigenvalue weighted by atomic mass is 35.5. The van der Waals surface area contributed by atoms with E-state index in [4.69, 9.17) is 17.3 Å². The molecule has 6 nitrogen and oxygen atoms in total. The van der Waals surface area contributed by atoms with Crippen LogP contribution in [0.2, 0.25) is 5.02 Å². The van der Waals surface area contributed by atoms with Crippen LogP contribution in [0.15, 0.2) is 18.2 Å². The summed E-state index contributed by atoms with van der Waals surface area (Å²) in [6, 6.07) is 3.48. The van der Waals surface area contributed by atoms with Crippen molar-refractivity contribution in [2.45, 2.75) is 0 Å². The van der Waals surface area contributed by atoms with E-state index in [0.717, 1.165) is 0 Å². The summed E-state index contributed by atoms with van der Waals surface area (Å²) in [5.74, 6) is -0.434. The van der Waals surface area contributed by atoms with Gasteiger partial charge in [0, 0.05) is 18.7 Å². The van der Waals surface area contributed by atoms with Gasteiger partial charge in [-0.05, 0) is 18.2 Å². The molecule has 17 heavy (non-hydrogen) atoms. The van der Waals surface area contributed by atoms with E-state index >= 15 is 0 Å². The number of hydrogen-bond donors (Lipinski definition) is 4. The molecule has 0 aliphatic carbocycles. The van der Waals surface area contributed by atoms with Crippen LogP contribution < -0.4 is 16.4 Å². The average molecular weight is 258 g/mol. The molecule has 1 aromatic rings. The lowest BCUT2D eigenvalue weighted by atomic mass is 10.2. The van der Waals surface area contributed by atoms with E-state index in [-0.39, 0.29) is 29.8 Å². The lowest BCUT2D eigenvalue weighted by molar-refractivity contribution is 0.0954. The molecule has 0 fully saturated rings.